The molecule has 0 bridgehead atoms. The summed E-state index contributed by atoms with van der Waals surface area (Å²) >= 11 is 0. The van der Waals surface area contributed by atoms with Crippen molar-refractivity contribution in [2.75, 3.05) is 11.9 Å². The first kappa shape index (κ1) is 17.8. The number of aliphatic hydroxyl groups is 1. The molecule has 2 rings (SSSR count). The van der Waals surface area contributed by atoms with Crippen LogP contribution in [0.5, 0.6) is 0 Å². The number of benzene rings is 1. The number of para-hydroxylation sites is 1. The minimum atomic E-state index is -4.58. The monoisotopic (exact) mass is 342 g/mol. The molecule has 0 saturated heterocycles. The van der Waals surface area contributed by atoms with E-state index in [1.165, 1.54) is 29.9 Å². The first-order valence-electron chi connectivity index (χ1n) is 7.02. The Hall–Kier alpha value is -2.55. The molecule has 1 heterocycles. The summed E-state index contributed by atoms with van der Waals surface area (Å²) in [5.74, 6) is 0. The number of alkyl halides is 3. The van der Waals surface area contributed by atoms with Gasteiger partial charge in [-0.3, -0.25) is 4.68 Å². The lowest BCUT2D eigenvalue weighted by Gasteiger charge is -2.22. The summed E-state index contributed by atoms with van der Waals surface area (Å²) in [7, 11) is 1.67. The second-order valence-electron chi connectivity index (χ2n) is 5.53. The summed E-state index contributed by atoms with van der Waals surface area (Å²) in [6.45, 7) is 1.27. The van der Waals surface area contributed by atoms with E-state index >= 15 is 0 Å². The van der Waals surface area contributed by atoms with Crippen LogP contribution in [0.2, 0.25) is 0 Å². The van der Waals surface area contributed by atoms with E-state index in [4.69, 9.17) is 0 Å². The molecule has 0 aliphatic carbocycles. The van der Waals surface area contributed by atoms with Crippen molar-refractivity contribution in [2.24, 2.45) is 7.05 Å². The molecule has 1 aromatic carbocycles. The van der Waals surface area contributed by atoms with Gasteiger partial charge in [-0.2, -0.15) is 18.3 Å². The molecule has 0 radical (unpaired) electrons. The highest BCUT2D eigenvalue weighted by atomic mass is 19.4. The third-order valence-electron chi connectivity index (χ3n) is 3.40. The molecule has 0 saturated carbocycles. The van der Waals surface area contributed by atoms with Crippen LogP contribution in [0.3, 0.4) is 0 Å². The van der Waals surface area contributed by atoms with Crippen molar-refractivity contribution in [3.05, 3.63) is 47.8 Å². The molecular weight excluding hydrogens is 325 g/mol. The first-order chi connectivity index (χ1) is 11.1. The van der Waals surface area contributed by atoms with Gasteiger partial charge in [-0.25, -0.2) is 4.79 Å². The van der Waals surface area contributed by atoms with Gasteiger partial charge in [0.05, 0.1) is 24.0 Å². The summed E-state index contributed by atoms with van der Waals surface area (Å²) < 4.78 is 40.1. The van der Waals surface area contributed by atoms with E-state index in [9.17, 15) is 23.1 Å². The normalized spacial score (nSPS) is 14.1. The van der Waals surface area contributed by atoms with Gasteiger partial charge >= 0.3 is 12.2 Å². The topological polar surface area (TPSA) is 79.2 Å². The van der Waals surface area contributed by atoms with Gasteiger partial charge in [0.2, 0.25) is 0 Å². The molecule has 2 aromatic rings. The van der Waals surface area contributed by atoms with Crippen molar-refractivity contribution in [3.8, 4) is 0 Å². The fourth-order valence-corrected chi connectivity index (χ4v) is 2.06. The van der Waals surface area contributed by atoms with Crippen molar-refractivity contribution in [2.45, 2.75) is 18.7 Å². The van der Waals surface area contributed by atoms with Crippen molar-refractivity contribution >= 4 is 11.7 Å². The Morgan fingerprint density at radius 3 is 2.58 bits per heavy atom. The van der Waals surface area contributed by atoms with Crippen LogP contribution in [0, 0.1) is 0 Å². The quantitative estimate of drug-likeness (QED) is 0.799. The number of hydrogen-bond donors (Lipinski definition) is 3. The number of aryl methyl sites for hydroxylation is 1. The van der Waals surface area contributed by atoms with Crippen molar-refractivity contribution in [3.63, 3.8) is 0 Å². The number of anilines is 1. The number of urea groups is 1. The molecule has 0 fully saturated rings. The number of hydrogen-bond acceptors (Lipinski definition) is 3. The maximum absolute atomic E-state index is 12.9. The molecule has 130 valence electrons. The van der Waals surface area contributed by atoms with Gasteiger partial charge in [0.25, 0.3) is 0 Å². The van der Waals surface area contributed by atoms with Crippen LogP contribution in [-0.2, 0) is 18.8 Å². The highest BCUT2D eigenvalue weighted by molar-refractivity contribution is 5.90. The highest BCUT2D eigenvalue weighted by Crippen LogP contribution is 2.34. The lowest BCUT2D eigenvalue weighted by atomic mass is 10.00. The number of rotatable bonds is 4. The van der Waals surface area contributed by atoms with Crippen LogP contribution in [0.4, 0.5) is 23.7 Å². The molecular formula is C15H17F3N4O2. The zero-order valence-electron chi connectivity index (χ0n) is 13.1. The number of nitrogens with one attached hydrogen (secondary N) is 2. The van der Waals surface area contributed by atoms with Gasteiger partial charge in [0, 0.05) is 18.8 Å². The molecule has 0 aliphatic heterocycles. The molecule has 2 amide bonds. The summed E-state index contributed by atoms with van der Waals surface area (Å²) in [5, 5.41) is 18.7. The van der Waals surface area contributed by atoms with Crippen LogP contribution >= 0.6 is 0 Å². The number of amides is 2. The summed E-state index contributed by atoms with van der Waals surface area (Å²) in [4.78, 5) is 11.9. The molecule has 0 spiro atoms. The van der Waals surface area contributed by atoms with Crippen molar-refractivity contribution in [1.82, 2.24) is 15.1 Å². The fraction of sp³-hybridized carbons (Fsp3) is 0.333. The Balaban J connectivity index is 2.02. The predicted molar refractivity (Wildman–Crippen MR) is 81.2 cm³/mol. The molecule has 0 aliphatic rings. The number of nitrogens with zero attached hydrogens (tertiary/aromatic N) is 2. The molecule has 24 heavy (non-hydrogen) atoms. The van der Waals surface area contributed by atoms with E-state index in [0.29, 0.717) is 5.56 Å². The Labute approximate surface area is 136 Å². The minimum absolute atomic E-state index is 0.196. The molecule has 0 unspecified atom stereocenters. The second kappa shape index (κ2) is 6.52. The molecule has 9 heteroatoms. The van der Waals surface area contributed by atoms with E-state index in [0.717, 1.165) is 12.1 Å². The van der Waals surface area contributed by atoms with Gasteiger partial charge in [0.15, 0.2) is 0 Å². The number of carbonyl (C=O) groups is 1. The summed E-state index contributed by atoms with van der Waals surface area (Å²) in [6, 6.07) is 3.80. The van der Waals surface area contributed by atoms with Gasteiger partial charge in [-0.1, -0.05) is 12.1 Å². The number of halogens is 3. The third-order valence-corrected chi connectivity index (χ3v) is 3.40. The van der Waals surface area contributed by atoms with Crippen LogP contribution in [0.15, 0.2) is 36.7 Å². The zero-order valence-corrected chi connectivity index (χ0v) is 13.1. The van der Waals surface area contributed by atoms with Gasteiger partial charge in [0.1, 0.15) is 5.60 Å². The van der Waals surface area contributed by atoms with Crippen molar-refractivity contribution in [1.29, 1.82) is 0 Å². The first-order valence-corrected chi connectivity index (χ1v) is 7.02. The standard InChI is InChI=1S/C15H17F3N4O2/c1-14(24,10-7-20-22(2)8-10)9-19-13(23)21-12-6-4-3-5-11(12)15(16,17)18/h3-8,24H,9H2,1-2H3,(H2,19,21,23)/t14-/m1/s1. The highest BCUT2D eigenvalue weighted by Gasteiger charge is 2.33. The maximum Gasteiger partial charge on any atom is 0.418 e. The SMILES string of the molecule is Cn1cc([C@](C)(O)CNC(=O)Nc2ccccc2C(F)(F)F)cn1. The maximum atomic E-state index is 12.9. The Morgan fingerprint density at radius 1 is 1.33 bits per heavy atom. The molecule has 1 aromatic heterocycles. The average Bonchev–Trinajstić information content (AvgIpc) is 2.92. The van der Waals surface area contributed by atoms with E-state index in [1.807, 2.05) is 0 Å². The average molecular weight is 342 g/mol. The van der Waals surface area contributed by atoms with E-state index in [-0.39, 0.29) is 12.2 Å². The molecule has 3 N–H and O–H groups in total. The van der Waals surface area contributed by atoms with Crippen LogP contribution in [-0.4, -0.2) is 27.5 Å². The van der Waals surface area contributed by atoms with E-state index < -0.39 is 23.4 Å². The Bertz CT molecular complexity index is 726. The van der Waals surface area contributed by atoms with Gasteiger partial charge < -0.3 is 15.7 Å². The fourth-order valence-electron chi connectivity index (χ4n) is 2.06. The smallest absolute Gasteiger partial charge is 0.383 e. The van der Waals surface area contributed by atoms with E-state index in [1.54, 1.807) is 13.2 Å². The lowest BCUT2D eigenvalue weighted by Crippen LogP contribution is -2.40. The molecule has 6 nitrogen and oxygen atoms in total. The Morgan fingerprint density at radius 2 is 2.00 bits per heavy atom. The zero-order chi connectivity index (χ0) is 18.0. The minimum Gasteiger partial charge on any atom is -0.383 e. The number of aromatic nitrogens is 2. The second-order valence-corrected chi connectivity index (χ2v) is 5.53. The van der Waals surface area contributed by atoms with Crippen LogP contribution < -0.4 is 10.6 Å². The van der Waals surface area contributed by atoms with Gasteiger partial charge in [-0.15, -0.1) is 0 Å². The largest absolute Gasteiger partial charge is 0.418 e. The molecule has 1 atom stereocenters. The van der Waals surface area contributed by atoms with E-state index in [2.05, 4.69) is 15.7 Å². The Kier molecular flexibility index (Phi) is 4.83. The van der Waals surface area contributed by atoms with Crippen molar-refractivity contribution < 1.29 is 23.1 Å². The predicted octanol–water partition coefficient (Wildman–Crippen LogP) is 2.47. The van der Waals surface area contributed by atoms with Crippen LogP contribution in [0.1, 0.15) is 18.1 Å². The summed E-state index contributed by atoms with van der Waals surface area (Å²) in [6.07, 6.45) is -1.55. The third kappa shape index (κ3) is 4.25. The summed E-state index contributed by atoms with van der Waals surface area (Å²) in [5.41, 5.74) is -2.24. The number of carbonyl (C=O) groups excluding carboxylic acids is 1. The van der Waals surface area contributed by atoms with Crippen LogP contribution in [0.25, 0.3) is 0 Å². The van der Waals surface area contributed by atoms with Gasteiger partial charge in [-0.05, 0) is 19.1 Å². The lowest BCUT2D eigenvalue weighted by molar-refractivity contribution is -0.136.